The third kappa shape index (κ3) is 5.09. The van der Waals surface area contributed by atoms with E-state index in [1.54, 1.807) is 6.92 Å². The van der Waals surface area contributed by atoms with E-state index in [-0.39, 0.29) is 6.61 Å². The van der Waals surface area contributed by atoms with E-state index in [0.717, 1.165) is 11.4 Å². The minimum atomic E-state index is 0.250. The van der Waals surface area contributed by atoms with Crippen molar-refractivity contribution in [2.75, 3.05) is 6.61 Å². The molecule has 0 saturated heterocycles. The molecule has 0 amide bonds. The molecule has 0 aliphatic rings. The highest BCUT2D eigenvalue weighted by Gasteiger charge is 1.91. The molecule has 1 N–H and O–H groups in total. The van der Waals surface area contributed by atoms with Crippen LogP contribution in [0.25, 0.3) is 0 Å². The van der Waals surface area contributed by atoms with Gasteiger partial charge in [-0.2, -0.15) is 0 Å². The lowest BCUT2D eigenvalue weighted by Crippen LogP contribution is -1.89. The summed E-state index contributed by atoms with van der Waals surface area (Å²) in [5, 5.41) is 8.12. The second kappa shape index (κ2) is 5.97. The molecule has 0 atom stereocenters. The smallest absolute Gasteiger partial charge is 0.184 e. The molecule has 68 valence electrons. The van der Waals surface area contributed by atoms with Crippen molar-refractivity contribution in [3.8, 4) is 0 Å². The Morgan fingerprint density at radius 1 is 1.33 bits per heavy atom. The summed E-state index contributed by atoms with van der Waals surface area (Å²) in [5.41, 5.74) is 1.93. The van der Waals surface area contributed by atoms with Gasteiger partial charge in [0.15, 0.2) is 5.16 Å². The molecular weight excluding hydrogens is 172 g/mol. The Morgan fingerprint density at radius 3 is 1.92 bits per heavy atom. The van der Waals surface area contributed by atoms with Crippen molar-refractivity contribution in [1.82, 2.24) is 9.97 Å². The Hall–Kier alpha value is -0.610. The maximum absolute atomic E-state index is 7.57. The van der Waals surface area contributed by atoms with Crippen LogP contribution in [-0.2, 0) is 0 Å². The average Bonchev–Trinajstić information content (AvgIpc) is 1.84. The van der Waals surface area contributed by atoms with Gasteiger partial charge in [-0.25, -0.2) is 9.97 Å². The fourth-order valence-electron chi connectivity index (χ4n) is 0.707. The normalized spacial score (nSPS) is 8.75. The van der Waals surface area contributed by atoms with E-state index in [9.17, 15) is 0 Å². The lowest BCUT2D eigenvalue weighted by Gasteiger charge is -1.94. The molecule has 0 saturated carbocycles. The first-order chi connectivity index (χ1) is 5.60. The van der Waals surface area contributed by atoms with Crippen LogP contribution >= 0.6 is 12.6 Å². The predicted molar refractivity (Wildman–Crippen MR) is 51.5 cm³/mol. The van der Waals surface area contributed by atoms with Gasteiger partial charge in [-0.15, -0.1) is 12.6 Å². The van der Waals surface area contributed by atoms with Crippen LogP contribution in [0.2, 0.25) is 0 Å². The molecule has 0 aliphatic carbocycles. The Bertz CT molecular complexity index is 190. The van der Waals surface area contributed by atoms with E-state index >= 15 is 0 Å². The fourth-order valence-corrected chi connectivity index (χ4v) is 1.02. The first-order valence-corrected chi connectivity index (χ1v) is 4.17. The van der Waals surface area contributed by atoms with Crippen molar-refractivity contribution < 1.29 is 5.11 Å². The molecule has 0 bridgehead atoms. The first-order valence-electron chi connectivity index (χ1n) is 3.72. The molecule has 0 unspecified atom stereocenters. The monoisotopic (exact) mass is 186 g/mol. The number of aromatic nitrogens is 2. The summed E-state index contributed by atoms with van der Waals surface area (Å²) in [5.74, 6) is 0. The zero-order valence-electron chi connectivity index (χ0n) is 7.57. The lowest BCUT2D eigenvalue weighted by molar-refractivity contribution is 0.318. The molecule has 1 heterocycles. The summed E-state index contributed by atoms with van der Waals surface area (Å²) in [4.78, 5) is 7.98. The summed E-state index contributed by atoms with van der Waals surface area (Å²) >= 11 is 4.00. The van der Waals surface area contributed by atoms with Crippen LogP contribution in [0.1, 0.15) is 18.3 Å². The van der Waals surface area contributed by atoms with Crippen molar-refractivity contribution >= 4 is 12.6 Å². The van der Waals surface area contributed by atoms with Gasteiger partial charge in [-0.1, -0.05) is 0 Å². The standard InChI is InChI=1S/C6H8N2S.C2H6O/c1-4-3-5(2)8-6(9)7-4;1-2-3/h3H,1-2H3,(H,7,8,9);3H,2H2,1H3. The first kappa shape index (κ1) is 11.4. The molecule has 1 aromatic heterocycles. The Balaban J connectivity index is 0.000000354. The summed E-state index contributed by atoms with van der Waals surface area (Å²) < 4.78 is 0. The summed E-state index contributed by atoms with van der Waals surface area (Å²) in [6.45, 7) is 5.78. The van der Waals surface area contributed by atoms with Crippen LogP contribution < -0.4 is 0 Å². The Kier molecular flexibility index (Phi) is 5.66. The van der Waals surface area contributed by atoms with Crippen LogP contribution in [-0.4, -0.2) is 21.7 Å². The van der Waals surface area contributed by atoms with Crippen molar-refractivity contribution in [3.05, 3.63) is 17.5 Å². The number of rotatable bonds is 0. The highest BCUT2D eigenvalue weighted by Crippen LogP contribution is 2.01. The molecule has 0 aromatic carbocycles. The number of thiol groups is 1. The molecule has 12 heavy (non-hydrogen) atoms. The number of aryl methyl sites for hydroxylation is 2. The number of aliphatic hydroxyl groups excluding tert-OH is 1. The van der Waals surface area contributed by atoms with Crippen LogP contribution in [0.3, 0.4) is 0 Å². The maximum Gasteiger partial charge on any atom is 0.184 e. The molecule has 0 radical (unpaired) electrons. The van der Waals surface area contributed by atoms with Gasteiger partial charge in [0.2, 0.25) is 0 Å². The van der Waals surface area contributed by atoms with Crippen molar-refractivity contribution in [3.63, 3.8) is 0 Å². The molecule has 3 nitrogen and oxygen atoms in total. The van der Waals surface area contributed by atoms with E-state index in [1.807, 2.05) is 19.9 Å². The molecule has 4 heteroatoms. The van der Waals surface area contributed by atoms with E-state index in [0.29, 0.717) is 5.16 Å². The minimum absolute atomic E-state index is 0.250. The number of nitrogens with zero attached hydrogens (tertiary/aromatic N) is 2. The summed E-state index contributed by atoms with van der Waals surface area (Å²) in [6, 6.07) is 1.92. The van der Waals surface area contributed by atoms with Gasteiger partial charge < -0.3 is 5.11 Å². The number of hydrogen-bond donors (Lipinski definition) is 2. The van der Waals surface area contributed by atoms with Gasteiger partial charge >= 0.3 is 0 Å². The molecule has 0 spiro atoms. The molecule has 1 rings (SSSR count). The zero-order valence-corrected chi connectivity index (χ0v) is 8.47. The van der Waals surface area contributed by atoms with E-state index in [4.69, 9.17) is 5.11 Å². The van der Waals surface area contributed by atoms with Crippen molar-refractivity contribution in [2.45, 2.75) is 25.9 Å². The highest BCUT2D eigenvalue weighted by atomic mass is 32.1. The van der Waals surface area contributed by atoms with E-state index in [2.05, 4.69) is 22.6 Å². The maximum atomic E-state index is 7.57. The third-order valence-corrected chi connectivity index (χ3v) is 1.17. The number of aliphatic hydroxyl groups is 1. The highest BCUT2D eigenvalue weighted by molar-refractivity contribution is 7.80. The van der Waals surface area contributed by atoms with E-state index in [1.165, 1.54) is 0 Å². The quantitative estimate of drug-likeness (QED) is 0.475. The van der Waals surface area contributed by atoms with E-state index < -0.39 is 0 Å². The van der Waals surface area contributed by atoms with Gasteiger partial charge in [0, 0.05) is 18.0 Å². The molecule has 0 aliphatic heterocycles. The summed E-state index contributed by atoms with van der Waals surface area (Å²) in [6.07, 6.45) is 0. The minimum Gasteiger partial charge on any atom is -0.397 e. The van der Waals surface area contributed by atoms with Gasteiger partial charge in [0.25, 0.3) is 0 Å². The van der Waals surface area contributed by atoms with Gasteiger partial charge in [-0.05, 0) is 26.8 Å². The fraction of sp³-hybridized carbons (Fsp3) is 0.500. The third-order valence-electron chi connectivity index (χ3n) is 0.970. The molecule has 0 fully saturated rings. The number of hydrogen-bond acceptors (Lipinski definition) is 4. The van der Waals surface area contributed by atoms with Crippen LogP contribution in [0.15, 0.2) is 11.2 Å². The Labute approximate surface area is 78.3 Å². The lowest BCUT2D eigenvalue weighted by atomic mass is 10.4. The Morgan fingerprint density at radius 2 is 1.67 bits per heavy atom. The van der Waals surface area contributed by atoms with Crippen LogP contribution in [0.5, 0.6) is 0 Å². The van der Waals surface area contributed by atoms with Gasteiger partial charge in [0.1, 0.15) is 0 Å². The van der Waals surface area contributed by atoms with Crippen LogP contribution in [0, 0.1) is 13.8 Å². The van der Waals surface area contributed by atoms with Gasteiger partial charge in [-0.3, -0.25) is 0 Å². The topological polar surface area (TPSA) is 46.0 Å². The van der Waals surface area contributed by atoms with Crippen molar-refractivity contribution in [1.29, 1.82) is 0 Å². The largest absolute Gasteiger partial charge is 0.397 e. The van der Waals surface area contributed by atoms with Gasteiger partial charge in [0.05, 0.1) is 0 Å². The summed E-state index contributed by atoms with van der Waals surface area (Å²) in [7, 11) is 0. The zero-order chi connectivity index (χ0) is 9.56. The molecule has 1 aromatic rings. The SMILES string of the molecule is CCO.Cc1cc(C)nc(S)n1. The molecular formula is C8H14N2OS. The second-order valence-electron chi connectivity index (χ2n) is 2.27. The second-order valence-corrected chi connectivity index (χ2v) is 2.67. The predicted octanol–water partition coefficient (Wildman–Crippen LogP) is 1.38. The van der Waals surface area contributed by atoms with Crippen LogP contribution in [0.4, 0.5) is 0 Å². The average molecular weight is 186 g/mol. The van der Waals surface area contributed by atoms with Crippen molar-refractivity contribution in [2.24, 2.45) is 0 Å².